The van der Waals surface area contributed by atoms with E-state index in [1.165, 1.54) is 31.2 Å². The van der Waals surface area contributed by atoms with Crippen LogP contribution in [0, 0.1) is 0 Å². The van der Waals surface area contributed by atoms with Gasteiger partial charge in [-0.2, -0.15) is 0 Å². The Bertz CT molecular complexity index is 716. The van der Waals surface area contributed by atoms with Crippen molar-refractivity contribution in [3.05, 3.63) is 54.1 Å². The van der Waals surface area contributed by atoms with Crippen molar-refractivity contribution in [2.45, 2.75) is 52.1 Å². The standard InChI is InChI=1S/C25H35NO3/c1-3-4-5-8-17-27-21(2)20-22-11-13-23(14-12-22)28-18-15-26-16-19-29-25-10-7-6-9-24(25)26/h6-7,9-14,21H,3-5,8,15-20H2,1-2H3. The van der Waals surface area contributed by atoms with Crippen molar-refractivity contribution >= 4 is 5.69 Å². The molecule has 0 radical (unpaired) electrons. The lowest BCUT2D eigenvalue weighted by molar-refractivity contribution is 0.0635. The molecule has 1 atom stereocenters. The first kappa shape index (κ1) is 21.5. The van der Waals surface area contributed by atoms with Crippen LogP contribution in [0.1, 0.15) is 45.1 Å². The second kappa shape index (κ2) is 11.7. The quantitative estimate of drug-likeness (QED) is 0.443. The second-order valence-electron chi connectivity index (χ2n) is 7.74. The molecule has 0 aromatic heterocycles. The van der Waals surface area contributed by atoms with E-state index in [1.807, 2.05) is 12.1 Å². The Hall–Kier alpha value is -2.20. The maximum absolute atomic E-state index is 5.97. The number of para-hydroxylation sites is 2. The van der Waals surface area contributed by atoms with Gasteiger partial charge in [0, 0.05) is 6.61 Å². The number of hydrogen-bond acceptors (Lipinski definition) is 4. The molecule has 3 rings (SSSR count). The summed E-state index contributed by atoms with van der Waals surface area (Å²) in [6, 6.07) is 16.6. The van der Waals surface area contributed by atoms with Crippen LogP contribution in [0.15, 0.2) is 48.5 Å². The summed E-state index contributed by atoms with van der Waals surface area (Å²) in [5.74, 6) is 1.88. The van der Waals surface area contributed by atoms with Gasteiger partial charge >= 0.3 is 0 Å². The largest absolute Gasteiger partial charge is 0.492 e. The molecule has 1 aliphatic rings. The van der Waals surface area contributed by atoms with Gasteiger partial charge in [-0.25, -0.2) is 0 Å². The average molecular weight is 398 g/mol. The summed E-state index contributed by atoms with van der Waals surface area (Å²) in [5.41, 5.74) is 2.45. The molecule has 29 heavy (non-hydrogen) atoms. The van der Waals surface area contributed by atoms with E-state index in [0.717, 1.165) is 49.9 Å². The zero-order valence-electron chi connectivity index (χ0n) is 17.9. The molecule has 0 saturated carbocycles. The molecule has 4 nitrogen and oxygen atoms in total. The Morgan fingerprint density at radius 3 is 2.66 bits per heavy atom. The van der Waals surface area contributed by atoms with Gasteiger partial charge in [0.15, 0.2) is 0 Å². The van der Waals surface area contributed by atoms with Gasteiger partial charge in [0.05, 0.1) is 24.9 Å². The number of rotatable bonds is 12. The van der Waals surface area contributed by atoms with E-state index < -0.39 is 0 Å². The Morgan fingerprint density at radius 2 is 1.83 bits per heavy atom. The maximum Gasteiger partial charge on any atom is 0.142 e. The number of ether oxygens (including phenoxy) is 3. The van der Waals surface area contributed by atoms with Crippen molar-refractivity contribution in [2.75, 3.05) is 37.8 Å². The number of fused-ring (bicyclic) bond motifs is 1. The molecule has 0 aliphatic carbocycles. The van der Waals surface area contributed by atoms with Crippen LogP contribution < -0.4 is 14.4 Å². The first-order valence-electron chi connectivity index (χ1n) is 11.1. The fourth-order valence-corrected chi connectivity index (χ4v) is 3.66. The smallest absolute Gasteiger partial charge is 0.142 e. The lowest BCUT2D eigenvalue weighted by Crippen LogP contribution is -2.35. The molecule has 0 bridgehead atoms. The highest BCUT2D eigenvalue weighted by atomic mass is 16.5. The summed E-state index contributed by atoms with van der Waals surface area (Å²) in [7, 11) is 0. The van der Waals surface area contributed by atoms with E-state index in [4.69, 9.17) is 14.2 Å². The summed E-state index contributed by atoms with van der Waals surface area (Å²) in [6.45, 7) is 8.39. The van der Waals surface area contributed by atoms with Crippen LogP contribution in [0.3, 0.4) is 0 Å². The summed E-state index contributed by atoms with van der Waals surface area (Å²) >= 11 is 0. The SMILES string of the molecule is CCCCCCOC(C)Cc1ccc(OCCN2CCOc3ccccc32)cc1. The van der Waals surface area contributed by atoms with Crippen LogP contribution in [-0.2, 0) is 11.2 Å². The van der Waals surface area contributed by atoms with Crippen LogP contribution in [0.2, 0.25) is 0 Å². The van der Waals surface area contributed by atoms with Crippen molar-refractivity contribution < 1.29 is 14.2 Å². The molecule has 1 unspecified atom stereocenters. The Kier molecular flexibility index (Phi) is 8.69. The van der Waals surface area contributed by atoms with E-state index in [9.17, 15) is 0 Å². The molecular formula is C25H35NO3. The van der Waals surface area contributed by atoms with E-state index in [-0.39, 0.29) is 6.10 Å². The Balaban J connectivity index is 1.37. The third kappa shape index (κ3) is 6.97. The Morgan fingerprint density at radius 1 is 1.00 bits per heavy atom. The number of benzene rings is 2. The van der Waals surface area contributed by atoms with E-state index >= 15 is 0 Å². The molecule has 0 saturated heterocycles. The minimum atomic E-state index is 0.254. The summed E-state index contributed by atoms with van der Waals surface area (Å²) in [6.07, 6.45) is 6.20. The number of nitrogens with zero attached hydrogens (tertiary/aromatic N) is 1. The van der Waals surface area contributed by atoms with Crippen molar-refractivity contribution in [1.29, 1.82) is 0 Å². The van der Waals surface area contributed by atoms with E-state index in [2.05, 4.69) is 55.1 Å². The molecule has 2 aromatic rings. The third-order valence-corrected chi connectivity index (χ3v) is 5.30. The number of anilines is 1. The van der Waals surface area contributed by atoms with Gasteiger partial charge in [0.25, 0.3) is 0 Å². The number of unbranched alkanes of at least 4 members (excludes halogenated alkanes) is 3. The van der Waals surface area contributed by atoms with E-state index in [1.54, 1.807) is 0 Å². The van der Waals surface area contributed by atoms with Gasteiger partial charge in [-0.3, -0.25) is 0 Å². The third-order valence-electron chi connectivity index (χ3n) is 5.30. The van der Waals surface area contributed by atoms with Gasteiger partial charge in [-0.05, 0) is 49.6 Å². The maximum atomic E-state index is 5.97. The monoisotopic (exact) mass is 397 g/mol. The van der Waals surface area contributed by atoms with Crippen molar-refractivity contribution in [3.8, 4) is 11.5 Å². The highest BCUT2D eigenvalue weighted by Gasteiger charge is 2.16. The zero-order chi connectivity index (χ0) is 20.3. The van der Waals surface area contributed by atoms with Crippen molar-refractivity contribution in [3.63, 3.8) is 0 Å². The molecule has 0 N–H and O–H groups in total. The fourth-order valence-electron chi connectivity index (χ4n) is 3.66. The van der Waals surface area contributed by atoms with Crippen LogP contribution in [0.5, 0.6) is 11.5 Å². The fraction of sp³-hybridized carbons (Fsp3) is 0.520. The number of hydrogen-bond donors (Lipinski definition) is 0. The van der Waals surface area contributed by atoms with Crippen molar-refractivity contribution in [2.24, 2.45) is 0 Å². The molecule has 0 spiro atoms. The van der Waals surface area contributed by atoms with E-state index in [0.29, 0.717) is 6.61 Å². The minimum Gasteiger partial charge on any atom is -0.492 e. The van der Waals surface area contributed by atoms with Crippen molar-refractivity contribution in [1.82, 2.24) is 0 Å². The van der Waals surface area contributed by atoms with Crippen LogP contribution in [0.4, 0.5) is 5.69 Å². The zero-order valence-corrected chi connectivity index (χ0v) is 17.9. The highest BCUT2D eigenvalue weighted by Crippen LogP contribution is 2.30. The molecule has 4 heteroatoms. The predicted octanol–water partition coefficient (Wildman–Crippen LogP) is 5.49. The average Bonchev–Trinajstić information content (AvgIpc) is 2.75. The molecule has 0 fully saturated rings. The van der Waals surface area contributed by atoms with Crippen LogP contribution in [0.25, 0.3) is 0 Å². The van der Waals surface area contributed by atoms with Gasteiger partial charge in [-0.15, -0.1) is 0 Å². The first-order valence-corrected chi connectivity index (χ1v) is 11.1. The van der Waals surface area contributed by atoms with Crippen LogP contribution >= 0.6 is 0 Å². The normalized spacial score (nSPS) is 14.2. The van der Waals surface area contributed by atoms with Gasteiger partial charge in [0.1, 0.15) is 24.7 Å². The predicted molar refractivity (Wildman–Crippen MR) is 119 cm³/mol. The highest BCUT2D eigenvalue weighted by molar-refractivity contribution is 5.59. The summed E-state index contributed by atoms with van der Waals surface area (Å²) in [5, 5.41) is 0. The minimum absolute atomic E-state index is 0.254. The lowest BCUT2D eigenvalue weighted by atomic mass is 10.1. The Labute approximate surface area is 175 Å². The topological polar surface area (TPSA) is 30.9 Å². The van der Waals surface area contributed by atoms with Crippen LogP contribution in [-0.4, -0.2) is 39.0 Å². The molecule has 1 heterocycles. The van der Waals surface area contributed by atoms with Gasteiger partial charge in [-0.1, -0.05) is 50.5 Å². The first-order chi connectivity index (χ1) is 14.3. The molecule has 2 aromatic carbocycles. The molecule has 158 valence electrons. The second-order valence-corrected chi connectivity index (χ2v) is 7.74. The van der Waals surface area contributed by atoms with Gasteiger partial charge in [0.2, 0.25) is 0 Å². The summed E-state index contributed by atoms with van der Waals surface area (Å²) in [4.78, 5) is 2.33. The van der Waals surface area contributed by atoms with Gasteiger partial charge < -0.3 is 19.1 Å². The molecule has 1 aliphatic heterocycles. The molecule has 0 amide bonds. The lowest BCUT2D eigenvalue weighted by Gasteiger charge is -2.31. The molecular weight excluding hydrogens is 362 g/mol. The summed E-state index contributed by atoms with van der Waals surface area (Å²) < 4.78 is 17.6.